The lowest BCUT2D eigenvalue weighted by molar-refractivity contribution is 0.0953. The molecule has 4 rings (SSSR count). The maximum atomic E-state index is 10.7. The lowest BCUT2D eigenvalue weighted by Gasteiger charge is -2.22. The number of aliphatic hydroxyl groups excluding tert-OH is 2. The Hall–Kier alpha value is -2.69. The van der Waals surface area contributed by atoms with Crippen LogP contribution in [-0.4, -0.2) is 28.4 Å². The van der Waals surface area contributed by atoms with Gasteiger partial charge in [0, 0.05) is 16.6 Å². The zero-order valence-electron chi connectivity index (χ0n) is 17.0. The van der Waals surface area contributed by atoms with E-state index in [2.05, 4.69) is 31.7 Å². The molecule has 4 heteroatoms. The van der Waals surface area contributed by atoms with Gasteiger partial charge in [-0.15, -0.1) is 0 Å². The summed E-state index contributed by atoms with van der Waals surface area (Å²) < 4.78 is 5.78. The smallest absolute Gasteiger partial charge is 0.122 e. The maximum Gasteiger partial charge on any atom is 0.122 e. The third-order valence-corrected chi connectivity index (χ3v) is 5.74. The first-order valence-corrected chi connectivity index (χ1v) is 10.2. The SMILES string of the molecule is C=Cc1cc(CC)c2nc(C)c([C@H](O)CO)c(-c3ccc4c(c3)CCCO4)c2c1. The molecule has 4 nitrogen and oxygen atoms in total. The summed E-state index contributed by atoms with van der Waals surface area (Å²) >= 11 is 0. The van der Waals surface area contributed by atoms with Gasteiger partial charge < -0.3 is 14.9 Å². The van der Waals surface area contributed by atoms with Crippen LogP contribution in [0, 0.1) is 6.92 Å². The summed E-state index contributed by atoms with van der Waals surface area (Å²) in [7, 11) is 0. The molecular weight excluding hydrogens is 362 g/mol. The Labute approximate surface area is 171 Å². The van der Waals surface area contributed by atoms with Gasteiger partial charge in [-0.1, -0.05) is 25.6 Å². The molecule has 0 saturated carbocycles. The van der Waals surface area contributed by atoms with Crippen molar-refractivity contribution in [3.63, 3.8) is 0 Å². The molecule has 1 aliphatic heterocycles. The number of aliphatic hydroxyl groups is 2. The minimum atomic E-state index is -0.994. The highest BCUT2D eigenvalue weighted by atomic mass is 16.5. The second kappa shape index (κ2) is 7.97. The molecule has 1 atom stereocenters. The summed E-state index contributed by atoms with van der Waals surface area (Å²) in [6, 6.07) is 10.4. The Kier molecular flexibility index (Phi) is 5.39. The van der Waals surface area contributed by atoms with Crippen LogP contribution in [0.15, 0.2) is 36.9 Å². The van der Waals surface area contributed by atoms with Gasteiger partial charge in [0.2, 0.25) is 0 Å². The molecule has 0 unspecified atom stereocenters. The molecule has 150 valence electrons. The van der Waals surface area contributed by atoms with Crippen LogP contribution in [0.25, 0.3) is 28.1 Å². The minimum Gasteiger partial charge on any atom is -0.493 e. The van der Waals surface area contributed by atoms with Crippen molar-refractivity contribution in [1.29, 1.82) is 0 Å². The van der Waals surface area contributed by atoms with E-state index in [1.807, 2.05) is 25.1 Å². The van der Waals surface area contributed by atoms with Crippen molar-refractivity contribution in [2.75, 3.05) is 13.2 Å². The van der Waals surface area contributed by atoms with E-state index in [4.69, 9.17) is 9.72 Å². The number of hydrogen-bond donors (Lipinski definition) is 2. The van der Waals surface area contributed by atoms with Gasteiger partial charge in [0.1, 0.15) is 11.9 Å². The summed E-state index contributed by atoms with van der Waals surface area (Å²) in [5, 5.41) is 21.4. The number of ether oxygens (including phenoxy) is 1. The summed E-state index contributed by atoms with van der Waals surface area (Å²) in [5.74, 6) is 0.931. The predicted octanol–water partition coefficient (Wildman–Crippen LogP) is 4.77. The molecule has 2 N–H and O–H groups in total. The van der Waals surface area contributed by atoms with E-state index in [0.29, 0.717) is 5.56 Å². The van der Waals surface area contributed by atoms with Gasteiger partial charge in [-0.05, 0) is 78.3 Å². The Morgan fingerprint density at radius 3 is 2.83 bits per heavy atom. The summed E-state index contributed by atoms with van der Waals surface area (Å²) in [6.45, 7) is 8.36. The Morgan fingerprint density at radius 2 is 2.10 bits per heavy atom. The third kappa shape index (κ3) is 3.43. The molecule has 3 aromatic rings. The molecule has 0 radical (unpaired) electrons. The minimum absolute atomic E-state index is 0.350. The number of pyridine rings is 1. The van der Waals surface area contributed by atoms with Gasteiger partial charge in [0.25, 0.3) is 0 Å². The average Bonchev–Trinajstić information content (AvgIpc) is 2.76. The van der Waals surface area contributed by atoms with Gasteiger partial charge in [-0.2, -0.15) is 0 Å². The lowest BCUT2D eigenvalue weighted by Crippen LogP contribution is -2.11. The van der Waals surface area contributed by atoms with Crippen molar-refractivity contribution in [1.82, 2.24) is 4.98 Å². The van der Waals surface area contributed by atoms with Gasteiger partial charge >= 0.3 is 0 Å². The summed E-state index contributed by atoms with van der Waals surface area (Å²) in [4.78, 5) is 4.83. The topological polar surface area (TPSA) is 62.6 Å². The van der Waals surface area contributed by atoms with Crippen LogP contribution in [0.4, 0.5) is 0 Å². The zero-order chi connectivity index (χ0) is 20.5. The first kappa shape index (κ1) is 19.6. The number of hydrogen-bond acceptors (Lipinski definition) is 4. The molecule has 0 fully saturated rings. The molecule has 1 aromatic heterocycles. The monoisotopic (exact) mass is 389 g/mol. The average molecular weight is 389 g/mol. The van der Waals surface area contributed by atoms with Crippen LogP contribution in [0.5, 0.6) is 5.75 Å². The van der Waals surface area contributed by atoms with E-state index >= 15 is 0 Å². The lowest BCUT2D eigenvalue weighted by atomic mass is 9.88. The Bertz CT molecular complexity index is 1090. The van der Waals surface area contributed by atoms with E-state index in [1.165, 1.54) is 5.56 Å². The number of aryl methyl sites for hydroxylation is 3. The maximum absolute atomic E-state index is 10.7. The van der Waals surface area contributed by atoms with E-state index in [0.717, 1.165) is 70.5 Å². The van der Waals surface area contributed by atoms with Crippen LogP contribution < -0.4 is 4.74 Å². The molecule has 0 aliphatic carbocycles. The van der Waals surface area contributed by atoms with E-state index in [-0.39, 0.29) is 6.61 Å². The van der Waals surface area contributed by atoms with E-state index < -0.39 is 6.10 Å². The highest BCUT2D eigenvalue weighted by molar-refractivity contribution is 5.99. The standard InChI is InChI=1S/C25H27NO3/c1-4-16-11-17(5-2)25-20(12-16)24(23(15(3)26-25)21(28)14-27)19-8-9-22-18(13-19)7-6-10-29-22/h4,8-9,11-13,21,27-28H,1,5-7,10,14H2,2-3H3/t21-/m1/s1. The van der Waals surface area contributed by atoms with Gasteiger partial charge in [-0.25, -0.2) is 0 Å². The highest BCUT2D eigenvalue weighted by Gasteiger charge is 2.23. The quantitative estimate of drug-likeness (QED) is 0.660. The molecule has 0 bridgehead atoms. The van der Waals surface area contributed by atoms with Crippen molar-refractivity contribution >= 4 is 17.0 Å². The van der Waals surface area contributed by atoms with Crippen LogP contribution in [-0.2, 0) is 12.8 Å². The van der Waals surface area contributed by atoms with Crippen molar-refractivity contribution in [2.24, 2.45) is 0 Å². The molecule has 0 saturated heterocycles. The molecule has 0 amide bonds. The summed E-state index contributed by atoms with van der Waals surface area (Å²) in [6.07, 6.45) is 3.67. The Balaban J connectivity index is 2.10. The number of nitrogens with zero attached hydrogens (tertiary/aromatic N) is 1. The largest absolute Gasteiger partial charge is 0.493 e. The van der Waals surface area contributed by atoms with Crippen LogP contribution in [0.1, 0.15) is 47.4 Å². The molecular formula is C25H27NO3. The number of benzene rings is 2. The van der Waals surface area contributed by atoms with Gasteiger partial charge in [0.15, 0.2) is 0 Å². The van der Waals surface area contributed by atoms with Crippen molar-refractivity contribution in [3.05, 3.63) is 64.9 Å². The van der Waals surface area contributed by atoms with Crippen molar-refractivity contribution < 1.29 is 14.9 Å². The van der Waals surface area contributed by atoms with E-state index in [9.17, 15) is 10.2 Å². The van der Waals surface area contributed by atoms with Crippen molar-refractivity contribution in [2.45, 2.75) is 39.2 Å². The van der Waals surface area contributed by atoms with Gasteiger partial charge in [-0.3, -0.25) is 4.98 Å². The summed E-state index contributed by atoms with van der Waals surface area (Å²) in [5.41, 5.74) is 7.64. The Morgan fingerprint density at radius 1 is 1.28 bits per heavy atom. The fraction of sp³-hybridized carbons (Fsp3) is 0.320. The normalized spacial score (nSPS) is 14.3. The molecule has 2 aromatic carbocycles. The fourth-order valence-corrected chi connectivity index (χ4v) is 4.31. The predicted molar refractivity (Wildman–Crippen MR) is 117 cm³/mol. The van der Waals surface area contributed by atoms with Crippen LogP contribution >= 0.6 is 0 Å². The fourth-order valence-electron chi connectivity index (χ4n) is 4.31. The highest BCUT2D eigenvalue weighted by Crippen LogP contribution is 2.40. The number of rotatable bonds is 5. The third-order valence-electron chi connectivity index (χ3n) is 5.74. The van der Waals surface area contributed by atoms with Crippen LogP contribution in [0.3, 0.4) is 0 Å². The first-order valence-electron chi connectivity index (χ1n) is 10.2. The molecule has 0 spiro atoms. The first-order chi connectivity index (χ1) is 14.1. The van der Waals surface area contributed by atoms with Gasteiger partial charge in [0.05, 0.1) is 18.7 Å². The second-order valence-corrected chi connectivity index (χ2v) is 7.59. The molecule has 1 aliphatic rings. The zero-order valence-corrected chi connectivity index (χ0v) is 17.0. The van der Waals surface area contributed by atoms with Crippen LogP contribution in [0.2, 0.25) is 0 Å². The molecule has 29 heavy (non-hydrogen) atoms. The molecule has 2 heterocycles. The second-order valence-electron chi connectivity index (χ2n) is 7.59. The van der Waals surface area contributed by atoms with Crippen molar-refractivity contribution in [3.8, 4) is 16.9 Å². The number of fused-ring (bicyclic) bond motifs is 2. The number of aromatic nitrogens is 1. The van der Waals surface area contributed by atoms with E-state index in [1.54, 1.807) is 0 Å².